The number of carbonyl (C=O) groups is 3. The van der Waals surface area contributed by atoms with E-state index in [-0.39, 0.29) is 25.4 Å². The highest BCUT2D eigenvalue weighted by molar-refractivity contribution is 5.93. The summed E-state index contributed by atoms with van der Waals surface area (Å²) in [5, 5.41) is 5.50. The molecule has 2 N–H and O–H groups in total. The molecule has 0 aliphatic rings. The molecule has 0 bridgehead atoms. The number of hydrogen-bond donors (Lipinski definition) is 2. The van der Waals surface area contributed by atoms with Gasteiger partial charge in [-0.25, -0.2) is 0 Å². The van der Waals surface area contributed by atoms with Crippen molar-refractivity contribution in [2.45, 2.75) is 40.0 Å². The summed E-state index contributed by atoms with van der Waals surface area (Å²) in [5.41, 5.74) is 4.47. The summed E-state index contributed by atoms with van der Waals surface area (Å²) < 4.78 is 10.8. The number of carbonyl (C=O) groups excluding carboxylic acids is 3. The Morgan fingerprint density at radius 3 is 2.06 bits per heavy atom. The van der Waals surface area contributed by atoms with Gasteiger partial charge < -0.3 is 20.1 Å². The molecule has 3 aromatic rings. The van der Waals surface area contributed by atoms with Crippen molar-refractivity contribution in [2.75, 3.05) is 17.2 Å². The zero-order chi connectivity index (χ0) is 25.2. The van der Waals surface area contributed by atoms with Crippen LogP contribution in [-0.2, 0) is 19.1 Å². The maximum absolute atomic E-state index is 12.2. The highest BCUT2D eigenvalue weighted by Gasteiger charge is 2.10. The standard InChI is InChI=1S/C28H30N2O5/c1-19-6-4-7-25(17-19)35-24-12-10-22(11-13-24)29-26(31)8-5-9-28(33)34-18-27(32)30-23-15-20(2)14-21(3)16-23/h4,6-7,10-17H,5,8-9,18H2,1-3H3,(H,29,31)(H,30,32). The summed E-state index contributed by atoms with van der Waals surface area (Å²) in [6.07, 6.45) is 0.525. The van der Waals surface area contributed by atoms with E-state index in [1.54, 1.807) is 24.3 Å². The average molecular weight is 475 g/mol. The first-order valence-electron chi connectivity index (χ1n) is 11.4. The van der Waals surface area contributed by atoms with Gasteiger partial charge in [0.15, 0.2) is 6.61 Å². The van der Waals surface area contributed by atoms with Gasteiger partial charge in [0.05, 0.1) is 0 Å². The normalized spacial score (nSPS) is 10.4. The van der Waals surface area contributed by atoms with Crippen molar-refractivity contribution >= 4 is 29.2 Å². The zero-order valence-electron chi connectivity index (χ0n) is 20.2. The second kappa shape index (κ2) is 12.4. The maximum atomic E-state index is 12.2. The van der Waals surface area contributed by atoms with Gasteiger partial charge in [-0.2, -0.15) is 0 Å². The van der Waals surface area contributed by atoms with E-state index in [4.69, 9.17) is 9.47 Å². The lowest BCUT2D eigenvalue weighted by Crippen LogP contribution is -2.21. The minimum absolute atomic E-state index is 0.0491. The third-order valence-corrected chi connectivity index (χ3v) is 5.02. The van der Waals surface area contributed by atoms with E-state index in [1.807, 2.05) is 63.2 Å². The Bertz CT molecular complexity index is 1170. The van der Waals surface area contributed by atoms with E-state index in [9.17, 15) is 14.4 Å². The molecule has 7 heteroatoms. The topological polar surface area (TPSA) is 93.7 Å². The van der Waals surface area contributed by atoms with Crippen LogP contribution in [0.1, 0.15) is 36.0 Å². The lowest BCUT2D eigenvalue weighted by atomic mass is 10.1. The smallest absolute Gasteiger partial charge is 0.306 e. The number of ether oxygens (including phenoxy) is 2. The average Bonchev–Trinajstić information content (AvgIpc) is 2.78. The summed E-state index contributed by atoms with van der Waals surface area (Å²) in [4.78, 5) is 36.1. The van der Waals surface area contributed by atoms with Crippen molar-refractivity contribution in [1.82, 2.24) is 0 Å². The van der Waals surface area contributed by atoms with Gasteiger partial charge in [-0.3, -0.25) is 14.4 Å². The number of amides is 2. The summed E-state index contributed by atoms with van der Waals surface area (Å²) in [7, 11) is 0. The first-order valence-corrected chi connectivity index (χ1v) is 11.4. The van der Waals surface area contributed by atoms with E-state index in [0.717, 1.165) is 22.4 Å². The molecule has 0 heterocycles. The van der Waals surface area contributed by atoms with Crippen molar-refractivity contribution in [3.8, 4) is 11.5 Å². The number of aryl methyl sites for hydroxylation is 3. The molecule has 0 atom stereocenters. The van der Waals surface area contributed by atoms with Crippen molar-refractivity contribution in [3.05, 3.63) is 83.4 Å². The third kappa shape index (κ3) is 8.97. The number of nitrogens with one attached hydrogen (secondary N) is 2. The van der Waals surface area contributed by atoms with Gasteiger partial charge in [0, 0.05) is 24.2 Å². The van der Waals surface area contributed by atoms with Crippen LogP contribution < -0.4 is 15.4 Å². The highest BCUT2D eigenvalue weighted by Crippen LogP contribution is 2.23. The van der Waals surface area contributed by atoms with Gasteiger partial charge in [0.25, 0.3) is 5.91 Å². The Morgan fingerprint density at radius 1 is 0.686 bits per heavy atom. The van der Waals surface area contributed by atoms with Crippen molar-refractivity contribution in [2.24, 2.45) is 0 Å². The van der Waals surface area contributed by atoms with E-state index < -0.39 is 11.9 Å². The molecule has 3 rings (SSSR count). The van der Waals surface area contributed by atoms with Crippen LogP contribution in [0.4, 0.5) is 11.4 Å². The lowest BCUT2D eigenvalue weighted by Gasteiger charge is -2.09. The van der Waals surface area contributed by atoms with Crippen LogP contribution in [0.25, 0.3) is 0 Å². The van der Waals surface area contributed by atoms with Gasteiger partial charge >= 0.3 is 5.97 Å². The molecule has 0 unspecified atom stereocenters. The Morgan fingerprint density at radius 2 is 1.37 bits per heavy atom. The molecular formula is C28H30N2O5. The molecular weight excluding hydrogens is 444 g/mol. The number of anilines is 2. The molecule has 3 aromatic carbocycles. The molecule has 0 radical (unpaired) electrons. The first-order chi connectivity index (χ1) is 16.8. The molecule has 0 aliphatic carbocycles. The van der Waals surface area contributed by atoms with Crippen molar-refractivity contribution in [3.63, 3.8) is 0 Å². The molecule has 2 amide bonds. The van der Waals surface area contributed by atoms with Gasteiger partial charge in [-0.1, -0.05) is 18.2 Å². The van der Waals surface area contributed by atoms with Crippen LogP contribution >= 0.6 is 0 Å². The van der Waals surface area contributed by atoms with Crippen LogP contribution in [-0.4, -0.2) is 24.4 Å². The van der Waals surface area contributed by atoms with Crippen molar-refractivity contribution < 1.29 is 23.9 Å². The van der Waals surface area contributed by atoms with Crippen molar-refractivity contribution in [1.29, 1.82) is 0 Å². The van der Waals surface area contributed by atoms with Gasteiger partial charge in [-0.05, 0) is 92.4 Å². The van der Waals surface area contributed by atoms with Gasteiger partial charge in [0.2, 0.25) is 5.91 Å². The predicted molar refractivity (Wildman–Crippen MR) is 136 cm³/mol. The second-order valence-electron chi connectivity index (χ2n) is 8.43. The number of benzene rings is 3. The molecule has 7 nitrogen and oxygen atoms in total. The third-order valence-electron chi connectivity index (χ3n) is 5.02. The van der Waals surface area contributed by atoms with Crippen LogP contribution in [0.5, 0.6) is 11.5 Å². The number of rotatable bonds is 10. The van der Waals surface area contributed by atoms with E-state index >= 15 is 0 Å². The molecule has 0 saturated carbocycles. The lowest BCUT2D eigenvalue weighted by molar-refractivity contribution is -0.147. The molecule has 0 aliphatic heterocycles. The van der Waals surface area contributed by atoms with Crippen LogP contribution in [0.15, 0.2) is 66.7 Å². The first kappa shape index (κ1) is 25.5. The summed E-state index contributed by atoms with van der Waals surface area (Å²) in [6, 6.07) is 20.5. The minimum Gasteiger partial charge on any atom is -0.457 e. The largest absolute Gasteiger partial charge is 0.457 e. The summed E-state index contributed by atoms with van der Waals surface area (Å²) in [5.74, 6) is 0.272. The Labute approximate surface area is 205 Å². The number of hydrogen-bond acceptors (Lipinski definition) is 5. The Hall–Kier alpha value is -4.13. The molecule has 0 spiro atoms. The monoisotopic (exact) mass is 474 g/mol. The Kier molecular flexibility index (Phi) is 9.01. The molecule has 35 heavy (non-hydrogen) atoms. The number of esters is 1. The molecule has 182 valence electrons. The molecule has 0 fully saturated rings. The fraction of sp³-hybridized carbons (Fsp3) is 0.250. The van der Waals surface area contributed by atoms with E-state index in [1.165, 1.54) is 0 Å². The summed E-state index contributed by atoms with van der Waals surface area (Å²) >= 11 is 0. The van der Waals surface area contributed by atoms with E-state index in [0.29, 0.717) is 23.5 Å². The SMILES string of the molecule is Cc1cc(C)cc(NC(=O)COC(=O)CCCC(=O)Nc2ccc(Oc3cccc(C)c3)cc2)c1. The molecule has 0 saturated heterocycles. The Balaban J connectivity index is 1.33. The molecule has 0 aromatic heterocycles. The minimum atomic E-state index is -0.522. The second-order valence-corrected chi connectivity index (χ2v) is 8.43. The van der Waals surface area contributed by atoms with Crippen LogP contribution in [0, 0.1) is 20.8 Å². The summed E-state index contributed by atoms with van der Waals surface area (Å²) in [6.45, 7) is 5.51. The fourth-order valence-corrected chi connectivity index (χ4v) is 3.50. The van der Waals surface area contributed by atoms with Crippen LogP contribution in [0.3, 0.4) is 0 Å². The fourth-order valence-electron chi connectivity index (χ4n) is 3.50. The van der Waals surface area contributed by atoms with Crippen LogP contribution in [0.2, 0.25) is 0 Å². The quantitative estimate of drug-likeness (QED) is 0.368. The van der Waals surface area contributed by atoms with E-state index in [2.05, 4.69) is 10.6 Å². The predicted octanol–water partition coefficient (Wildman–Crippen LogP) is 5.69. The van der Waals surface area contributed by atoms with Gasteiger partial charge in [-0.15, -0.1) is 0 Å². The van der Waals surface area contributed by atoms with Gasteiger partial charge in [0.1, 0.15) is 11.5 Å². The maximum Gasteiger partial charge on any atom is 0.306 e. The zero-order valence-corrected chi connectivity index (χ0v) is 20.2. The highest BCUT2D eigenvalue weighted by atomic mass is 16.5.